The Hall–Kier alpha value is -3.19. The number of nitrogens with zero attached hydrogens (tertiary/aromatic N) is 4. The van der Waals surface area contributed by atoms with Crippen molar-refractivity contribution in [2.45, 2.75) is 25.8 Å². The molecule has 0 saturated carbocycles. The number of carbonyl (C=O) groups is 1. The van der Waals surface area contributed by atoms with Crippen LogP contribution in [0.3, 0.4) is 0 Å². The summed E-state index contributed by atoms with van der Waals surface area (Å²) in [7, 11) is 0. The summed E-state index contributed by atoms with van der Waals surface area (Å²) in [6.45, 7) is 4.55. The number of fused-ring (bicyclic) bond motifs is 2. The van der Waals surface area contributed by atoms with E-state index in [0.29, 0.717) is 25.3 Å². The molecule has 1 unspecified atom stereocenters. The molecule has 4 heterocycles. The topological polar surface area (TPSA) is 92.8 Å². The zero-order chi connectivity index (χ0) is 20.0. The minimum Gasteiger partial charge on any atom is -0.350 e. The highest BCUT2D eigenvalue weighted by Crippen LogP contribution is 2.32. The number of aromatic nitrogens is 4. The van der Waals surface area contributed by atoms with Gasteiger partial charge < -0.3 is 15.6 Å². The van der Waals surface area contributed by atoms with Crippen molar-refractivity contribution in [3.05, 3.63) is 59.5 Å². The third-order valence-corrected chi connectivity index (χ3v) is 5.92. The number of amides is 1. The Morgan fingerprint density at radius 3 is 2.90 bits per heavy atom. The molecule has 3 N–H and O–H groups in total. The van der Waals surface area contributed by atoms with Crippen LogP contribution in [0.4, 0.5) is 0 Å². The van der Waals surface area contributed by atoms with E-state index < -0.39 is 0 Å². The molecule has 1 atom stereocenters. The third-order valence-electron chi connectivity index (χ3n) is 5.92. The van der Waals surface area contributed by atoms with Gasteiger partial charge in [0, 0.05) is 48.0 Å². The molecule has 7 nitrogen and oxygen atoms in total. The smallest absolute Gasteiger partial charge is 0.270 e. The Balaban J connectivity index is 1.43. The molecule has 1 fully saturated rings. The van der Waals surface area contributed by atoms with E-state index in [4.69, 9.17) is 10.8 Å². The van der Waals surface area contributed by atoms with Crippen molar-refractivity contribution in [1.29, 1.82) is 0 Å². The monoisotopic (exact) mass is 388 g/mol. The lowest BCUT2D eigenvalue weighted by Crippen LogP contribution is -2.29. The van der Waals surface area contributed by atoms with Crippen LogP contribution in [0.25, 0.3) is 21.9 Å². The van der Waals surface area contributed by atoms with E-state index in [1.165, 1.54) is 0 Å². The van der Waals surface area contributed by atoms with Gasteiger partial charge in [0.25, 0.3) is 5.91 Å². The number of aromatic amines is 1. The first-order valence-corrected chi connectivity index (χ1v) is 10.1. The zero-order valence-corrected chi connectivity index (χ0v) is 16.4. The molecule has 1 aliphatic rings. The van der Waals surface area contributed by atoms with E-state index in [-0.39, 0.29) is 11.8 Å². The van der Waals surface area contributed by atoms with Crippen LogP contribution < -0.4 is 5.73 Å². The third kappa shape index (κ3) is 2.89. The van der Waals surface area contributed by atoms with Gasteiger partial charge in [0.1, 0.15) is 5.69 Å². The number of hydrogen-bond donors (Lipinski definition) is 2. The molecule has 5 rings (SSSR count). The fourth-order valence-electron chi connectivity index (χ4n) is 4.44. The van der Waals surface area contributed by atoms with Crippen LogP contribution >= 0.6 is 0 Å². The lowest BCUT2D eigenvalue weighted by Gasteiger charge is -2.16. The van der Waals surface area contributed by atoms with Gasteiger partial charge in [-0.1, -0.05) is 18.2 Å². The Bertz CT molecular complexity index is 1210. The Labute approximate surface area is 168 Å². The van der Waals surface area contributed by atoms with Crippen LogP contribution in [0, 0.1) is 6.92 Å². The highest BCUT2D eigenvalue weighted by molar-refractivity contribution is 6.01. The van der Waals surface area contributed by atoms with E-state index in [9.17, 15) is 4.79 Å². The van der Waals surface area contributed by atoms with Gasteiger partial charge in [0.15, 0.2) is 5.65 Å². The molecule has 1 amide bonds. The number of nitrogens with one attached hydrogen (secondary N) is 1. The molecule has 29 heavy (non-hydrogen) atoms. The lowest BCUT2D eigenvalue weighted by molar-refractivity contribution is 0.0785. The zero-order valence-electron chi connectivity index (χ0n) is 16.4. The number of benzene rings is 1. The van der Waals surface area contributed by atoms with E-state index in [1.807, 2.05) is 46.8 Å². The van der Waals surface area contributed by atoms with Crippen molar-refractivity contribution in [2.24, 2.45) is 5.73 Å². The van der Waals surface area contributed by atoms with Crippen molar-refractivity contribution < 1.29 is 4.79 Å². The van der Waals surface area contributed by atoms with Gasteiger partial charge in [0.05, 0.1) is 12.2 Å². The van der Waals surface area contributed by atoms with Gasteiger partial charge in [-0.25, -0.2) is 9.67 Å². The number of rotatable bonds is 4. The number of H-pyrrole nitrogens is 1. The van der Waals surface area contributed by atoms with E-state index in [1.54, 1.807) is 6.20 Å². The maximum atomic E-state index is 13.2. The predicted octanol–water partition coefficient (Wildman–Crippen LogP) is 2.81. The molecule has 0 radical (unpaired) electrons. The molecule has 0 aliphatic carbocycles. The average Bonchev–Trinajstić information content (AvgIpc) is 3.45. The van der Waals surface area contributed by atoms with Gasteiger partial charge in [-0.05, 0) is 37.1 Å². The van der Waals surface area contributed by atoms with Gasteiger partial charge in [-0.15, -0.1) is 0 Å². The fraction of sp³-hybridized carbons (Fsp3) is 0.318. The molecular weight excluding hydrogens is 364 g/mol. The van der Waals surface area contributed by atoms with Gasteiger partial charge in [-0.3, -0.25) is 4.79 Å². The number of nitrogens with two attached hydrogens (primary N) is 1. The van der Waals surface area contributed by atoms with Crippen LogP contribution in [0.1, 0.15) is 34.1 Å². The van der Waals surface area contributed by atoms with Crippen LogP contribution in [0.2, 0.25) is 0 Å². The predicted molar refractivity (Wildman–Crippen MR) is 113 cm³/mol. The molecule has 148 valence electrons. The molecule has 0 bridgehead atoms. The summed E-state index contributed by atoms with van der Waals surface area (Å²) < 4.78 is 1.89. The summed E-state index contributed by atoms with van der Waals surface area (Å²) in [5.41, 5.74) is 10.3. The number of pyridine rings is 1. The summed E-state index contributed by atoms with van der Waals surface area (Å²) in [5.74, 6) is 0.263. The van der Waals surface area contributed by atoms with Gasteiger partial charge >= 0.3 is 0 Å². The molecule has 1 aliphatic heterocycles. The highest BCUT2D eigenvalue weighted by Gasteiger charge is 2.32. The van der Waals surface area contributed by atoms with Crippen LogP contribution in [0.15, 0.2) is 42.6 Å². The quantitative estimate of drug-likeness (QED) is 0.562. The standard InChI is InChI=1S/C22H24N6O/c1-14-16-5-2-3-7-18(16)25-19(14)22(29)27-11-8-15(13-27)20-17-6-4-10-24-21(17)28(26-20)12-9-23/h2-7,10,15,25H,8-9,11-13,23H2,1H3. The van der Waals surface area contributed by atoms with Gasteiger partial charge in [-0.2, -0.15) is 5.10 Å². The second-order valence-electron chi connectivity index (χ2n) is 7.68. The number of hydrogen-bond acceptors (Lipinski definition) is 4. The van der Waals surface area contributed by atoms with Crippen LogP contribution in [-0.2, 0) is 6.54 Å². The second kappa shape index (κ2) is 7.00. The van der Waals surface area contributed by atoms with Crippen LogP contribution in [-0.4, -0.2) is 50.2 Å². The lowest BCUT2D eigenvalue weighted by atomic mass is 10.0. The second-order valence-corrected chi connectivity index (χ2v) is 7.68. The normalized spacial score (nSPS) is 16.9. The van der Waals surface area contributed by atoms with Gasteiger partial charge in [0.2, 0.25) is 0 Å². The van der Waals surface area contributed by atoms with E-state index in [2.05, 4.69) is 16.0 Å². The number of carbonyl (C=O) groups excluding carboxylic acids is 1. The van der Waals surface area contributed by atoms with Crippen molar-refractivity contribution >= 4 is 27.8 Å². The van der Waals surface area contributed by atoms with Crippen molar-refractivity contribution in [3.8, 4) is 0 Å². The number of likely N-dealkylation sites (tertiary alicyclic amines) is 1. The fourth-order valence-corrected chi connectivity index (χ4v) is 4.44. The molecule has 1 saturated heterocycles. The molecule has 0 spiro atoms. The minimum absolute atomic E-state index is 0.0602. The Kier molecular flexibility index (Phi) is 4.32. The first kappa shape index (κ1) is 17.9. The molecule has 1 aromatic carbocycles. The average molecular weight is 388 g/mol. The van der Waals surface area contributed by atoms with Crippen molar-refractivity contribution in [1.82, 2.24) is 24.6 Å². The SMILES string of the molecule is Cc1c(C(=O)N2CCC(c3nn(CCN)c4ncccc34)C2)[nH]c2ccccc12. The maximum Gasteiger partial charge on any atom is 0.270 e. The van der Waals surface area contributed by atoms with Crippen LogP contribution in [0.5, 0.6) is 0 Å². The molecular formula is C22H24N6O. The Morgan fingerprint density at radius 2 is 2.07 bits per heavy atom. The molecule has 7 heteroatoms. The summed E-state index contributed by atoms with van der Waals surface area (Å²) >= 11 is 0. The number of para-hydroxylation sites is 1. The Morgan fingerprint density at radius 1 is 1.24 bits per heavy atom. The maximum absolute atomic E-state index is 13.2. The molecule has 3 aromatic heterocycles. The highest BCUT2D eigenvalue weighted by atomic mass is 16.2. The summed E-state index contributed by atoms with van der Waals surface area (Å²) in [5, 5.41) is 6.97. The molecule has 4 aromatic rings. The number of aryl methyl sites for hydroxylation is 1. The summed E-state index contributed by atoms with van der Waals surface area (Å²) in [4.78, 5) is 23.0. The summed E-state index contributed by atoms with van der Waals surface area (Å²) in [6, 6.07) is 12.0. The van der Waals surface area contributed by atoms with Crippen molar-refractivity contribution in [2.75, 3.05) is 19.6 Å². The largest absolute Gasteiger partial charge is 0.350 e. The van der Waals surface area contributed by atoms with E-state index >= 15 is 0 Å². The first-order chi connectivity index (χ1) is 14.2. The minimum atomic E-state index is 0.0602. The van der Waals surface area contributed by atoms with E-state index in [0.717, 1.165) is 46.2 Å². The van der Waals surface area contributed by atoms with Crippen molar-refractivity contribution in [3.63, 3.8) is 0 Å². The summed E-state index contributed by atoms with van der Waals surface area (Å²) in [6.07, 6.45) is 2.68. The first-order valence-electron chi connectivity index (χ1n) is 10.1.